The standard InChI is InChI=1S/C13H23N5O/c1-11(12-3-2-8-19-12)14-4-5-17-6-7-18-10-15-16-13(18)9-17/h10-12,14H,2-9H2,1H3. The Morgan fingerprint density at radius 1 is 1.53 bits per heavy atom. The van der Waals surface area contributed by atoms with E-state index < -0.39 is 0 Å². The van der Waals surface area contributed by atoms with Gasteiger partial charge in [0.15, 0.2) is 0 Å². The molecule has 6 nitrogen and oxygen atoms in total. The fourth-order valence-corrected chi connectivity index (χ4v) is 2.89. The first-order chi connectivity index (χ1) is 9.33. The van der Waals surface area contributed by atoms with Crippen LogP contribution in [0.1, 0.15) is 25.6 Å². The minimum absolute atomic E-state index is 0.407. The van der Waals surface area contributed by atoms with Gasteiger partial charge >= 0.3 is 0 Å². The van der Waals surface area contributed by atoms with Crippen molar-refractivity contribution in [2.45, 2.75) is 45.0 Å². The van der Waals surface area contributed by atoms with Crippen LogP contribution in [0.5, 0.6) is 0 Å². The molecule has 1 fully saturated rings. The number of ether oxygens (including phenoxy) is 1. The largest absolute Gasteiger partial charge is 0.377 e. The Kier molecular flexibility index (Phi) is 4.10. The average molecular weight is 265 g/mol. The van der Waals surface area contributed by atoms with Crippen molar-refractivity contribution in [3.05, 3.63) is 12.2 Å². The third kappa shape index (κ3) is 3.13. The van der Waals surface area contributed by atoms with E-state index in [-0.39, 0.29) is 0 Å². The molecule has 2 aliphatic rings. The number of nitrogens with one attached hydrogen (secondary N) is 1. The van der Waals surface area contributed by atoms with Crippen LogP contribution >= 0.6 is 0 Å². The van der Waals surface area contributed by atoms with Gasteiger partial charge < -0.3 is 14.6 Å². The first-order valence-corrected chi connectivity index (χ1v) is 7.27. The van der Waals surface area contributed by atoms with E-state index in [0.717, 1.165) is 45.2 Å². The average Bonchev–Trinajstić information content (AvgIpc) is 3.09. The van der Waals surface area contributed by atoms with Gasteiger partial charge in [-0.15, -0.1) is 10.2 Å². The van der Waals surface area contributed by atoms with Crippen LogP contribution in [0.2, 0.25) is 0 Å². The predicted octanol–water partition coefficient (Wildman–Crippen LogP) is 0.251. The smallest absolute Gasteiger partial charge is 0.147 e. The molecule has 19 heavy (non-hydrogen) atoms. The summed E-state index contributed by atoms with van der Waals surface area (Å²) in [4.78, 5) is 2.43. The second-order valence-corrected chi connectivity index (χ2v) is 5.51. The van der Waals surface area contributed by atoms with E-state index in [1.807, 2.05) is 6.33 Å². The highest BCUT2D eigenvalue weighted by Crippen LogP contribution is 2.15. The highest BCUT2D eigenvalue weighted by molar-refractivity contribution is 4.90. The highest BCUT2D eigenvalue weighted by Gasteiger charge is 2.22. The summed E-state index contributed by atoms with van der Waals surface area (Å²) in [6.45, 7) is 8.22. The number of fused-ring (bicyclic) bond motifs is 1. The molecular weight excluding hydrogens is 242 g/mol. The van der Waals surface area contributed by atoms with Crippen molar-refractivity contribution in [2.24, 2.45) is 0 Å². The van der Waals surface area contributed by atoms with E-state index in [1.54, 1.807) is 0 Å². The molecule has 3 heterocycles. The van der Waals surface area contributed by atoms with E-state index >= 15 is 0 Å². The topological polar surface area (TPSA) is 55.2 Å². The van der Waals surface area contributed by atoms with Crippen LogP contribution in [0, 0.1) is 0 Å². The summed E-state index contributed by atoms with van der Waals surface area (Å²) >= 11 is 0. The molecule has 2 unspecified atom stereocenters. The lowest BCUT2D eigenvalue weighted by Crippen LogP contribution is -2.43. The molecule has 2 atom stereocenters. The molecule has 0 radical (unpaired) electrons. The highest BCUT2D eigenvalue weighted by atomic mass is 16.5. The van der Waals surface area contributed by atoms with Crippen LogP contribution in [0.3, 0.4) is 0 Å². The monoisotopic (exact) mass is 265 g/mol. The van der Waals surface area contributed by atoms with Gasteiger partial charge in [0.1, 0.15) is 12.2 Å². The maximum absolute atomic E-state index is 5.70. The molecule has 0 saturated carbocycles. The lowest BCUT2D eigenvalue weighted by Gasteiger charge is -2.28. The summed E-state index contributed by atoms with van der Waals surface area (Å²) in [6, 6.07) is 0.455. The lowest BCUT2D eigenvalue weighted by atomic mass is 10.1. The van der Waals surface area contributed by atoms with Gasteiger partial charge in [-0.05, 0) is 19.8 Å². The van der Waals surface area contributed by atoms with Crippen molar-refractivity contribution in [1.29, 1.82) is 0 Å². The van der Waals surface area contributed by atoms with Gasteiger partial charge in [0.05, 0.1) is 12.6 Å². The third-order valence-electron chi connectivity index (χ3n) is 4.13. The van der Waals surface area contributed by atoms with Crippen molar-refractivity contribution < 1.29 is 4.74 Å². The number of hydrogen-bond acceptors (Lipinski definition) is 5. The van der Waals surface area contributed by atoms with Gasteiger partial charge in [-0.3, -0.25) is 4.90 Å². The van der Waals surface area contributed by atoms with Crippen molar-refractivity contribution in [3.8, 4) is 0 Å². The maximum atomic E-state index is 5.70. The number of hydrogen-bond donors (Lipinski definition) is 1. The van der Waals surface area contributed by atoms with Crippen LogP contribution in [0.4, 0.5) is 0 Å². The molecule has 2 aliphatic heterocycles. The summed E-state index contributed by atoms with van der Waals surface area (Å²) in [6.07, 6.45) is 4.63. The predicted molar refractivity (Wildman–Crippen MR) is 71.7 cm³/mol. The van der Waals surface area contributed by atoms with Crippen molar-refractivity contribution in [1.82, 2.24) is 25.0 Å². The molecule has 6 heteroatoms. The molecule has 0 aliphatic carbocycles. The van der Waals surface area contributed by atoms with Gasteiger partial charge in [0.25, 0.3) is 0 Å². The normalized spacial score (nSPS) is 25.4. The summed E-state index contributed by atoms with van der Waals surface area (Å²) in [5.74, 6) is 1.08. The van der Waals surface area contributed by atoms with Crippen LogP contribution < -0.4 is 5.32 Å². The molecule has 1 aromatic heterocycles. The first kappa shape index (κ1) is 13.0. The van der Waals surface area contributed by atoms with Crippen LogP contribution in [0.15, 0.2) is 6.33 Å². The van der Waals surface area contributed by atoms with Crippen molar-refractivity contribution in [3.63, 3.8) is 0 Å². The molecule has 1 saturated heterocycles. The van der Waals surface area contributed by atoms with Crippen LogP contribution in [-0.2, 0) is 17.8 Å². The number of aromatic nitrogens is 3. The Labute approximate surface area is 114 Å². The second kappa shape index (κ2) is 5.98. The molecule has 0 aromatic carbocycles. The van der Waals surface area contributed by atoms with Crippen LogP contribution in [0.25, 0.3) is 0 Å². The molecule has 1 aromatic rings. The summed E-state index contributed by atoms with van der Waals surface area (Å²) in [7, 11) is 0. The quantitative estimate of drug-likeness (QED) is 0.827. The van der Waals surface area contributed by atoms with E-state index in [4.69, 9.17) is 4.74 Å². The molecule has 1 N–H and O–H groups in total. The molecule has 3 rings (SSSR count). The van der Waals surface area contributed by atoms with Crippen LogP contribution in [-0.4, -0.2) is 58.1 Å². The Morgan fingerprint density at radius 2 is 2.47 bits per heavy atom. The number of nitrogens with zero attached hydrogens (tertiary/aromatic N) is 4. The molecule has 0 spiro atoms. The van der Waals surface area contributed by atoms with Gasteiger partial charge in [-0.2, -0.15) is 0 Å². The fraction of sp³-hybridized carbons (Fsp3) is 0.846. The molecule has 0 bridgehead atoms. The zero-order valence-corrected chi connectivity index (χ0v) is 11.6. The molecule has 106 valence electrons. The Morgan fingerprint density at radius 3 is 3.32 bits per heavy atom. The minimum Gasteiger partial charge on any atom is -0.377 e. The van der Waals surface area contributed by atoms with Crippen molar-refractivity contribution in [2.75, 3.05) is 26.2 Å². The maximum Gasteiger partial charge on any atom is 0.147 e. The summed E-state index contributed by atoms with van der Waals surface area (Å²) in [5.41, 5.74) is 0. The summed E-state index contributed by atoms with van der Waals surface area (Å²) in [5, 5.41) is 11.7. The number of rotatable bonds is 5. The van der Waals surface area contributed by atoms with Crippen molar-refractivity contribution >= 4 is 0 Å². The van der Waals surface area contributed by atoms with Gasteiger partial charge in [0, 0.05) is 38.8 Å². The van der Waals surface area contributed by atoms with E-state index in [1.165, 1.54) is 12.8 Å². The zero-order valence-electron chi connectivity index (χ0n) is 11.6. The van der Waals surface area contributed by atoms with E-state index in [9.17, 15) is 0 Å². The van der Waals surface area contributed by atoms with Gasteiger partial charge in [-0.1, -0.05) is 0 Å². The molecule has 0 amide bonds. The Hall–Kier alpha value is -0.980. The van der Waals surface area contributed by atoms with Gasteiger partial charge in [0.2, 0.25) is 0 Å². The summed E-state index contributed by atoms with van der Waals surface area (Å²) < 4.78 is 7.83. The van der Waals surface area contributed by atoms with Gasteiger partial charge in [-0.25, -0.2) is 0 Å². The lowest BCUT2D eigenvalue weighted by molar-refractivity contribution is 0.0821. The fourth-order valence-electron chi connectivity index (χ4n) is 2.89. The molecular formula is C13H23N5O. The first-order valence-electron chi connectivity index (χ1n) is 7.27. The third-order valence-corrected chi connectivity index (χ3v) is 4.13. The Balaban J connectivity index is 1.39. The minimum atomic E-state index is 0.407. The second-order valence-electron chi connectivity index (χ2n) is 5.51. The Bertz CT molecular complexity index is 401. The van der Waals surface area contributed by atoms with E-state index in [2.05, 4.69) is 31.9 Å². The zero-order chi connectivity index (χ0) is 13.1. The van der Waals surface area contributed by atoms with E-state index in [0.29, 0.717) is 12.1 Å². The SMILES string of the molecule is CC(NCCN1CCn2cnnc2C1)C1CCCO1.